The predicted octanol–water partition coefficient (Wildman–Crippen LogP) is 4.87. The van der Waals surface area contributed by atoms with Crippen molar-refractivity contribution in [1.82, 2.24) is 35.0 Å². The van der Waals surface area contributed by atoms with Crippen LogP contribution < -0.4 is 5.32 Å². The molecule has 6 aromatic rings. The Kier molecular flexibility index (Phi) is 5.85. The number of anilines is 1. The Morgan fingerprint density at radius 2 is 1.79 bits per heavy atom. The molecule has 9 nitrogen and oxygen atoms in total. The van der Waals surface area contributed by atoms with Crippen molar-refractivity contribution >= 4 is 33.7 Å². The molecule has 5 aromatic heterocycles. The van der Waals surface area contributed by atoms with Gasteiger partial charge in [0.2, 0.25) is 5.91 Å². The predicted molar refractivity (Wildman–Crippen MR) is 145 cm³/mol. The average molecular weight is 507 g/mol. The normalized spacial score (nSPS) is 11.5. The van der Waals surface area contributed by atoms with E-state index in [1.807, 2.05) is 38.4 Å². The first-order valence-electron chi connectivity index (χ1n) is 11.9. The van der Waals surface area contributed by atoms with Gasteiger partial charge in [0, 0.05) is 46.1 Å². The number of aromatic amines is 2. The van der Waals surface area contributed by atoms with Crippen molar-refractivity contribution in [3.8, 4) is 33.6 Å². The van der Waals surface area contributed by atoms with Gasteiger partial charge in [-0.3, -0.25) is 14.9 Å². The van der Waals surface area contributed by atoms with Gasteiger partial charge < -0.3 is 15.2 Å². The molecule has 0 atom stereocenters. The standard InChI is InChI=1S/C28H23FN8O/c1-37(2)15-25(38)33-18-9-16(12-30-14-18)17-10-22-26(35-36-28(22)32-13-17)24-11-21-19(7-8-31-27(21)34-24)20-5-3-4-6-23(20)29/h3-14H,15H2,1-2H3,(H,31,34)(H,33,38)(H,32,35,36). The van der Waals surface area contributed by atoms with Gasteiger partial charge in [-0.2, -0.15) is 5.10 Å². The highest BCUT2D eigenvalue weighted by atomic mass is 19.1. The molecule has 0 saturated heterocycles. The number of fused-ring (bicyclic) bond motifs is 2. The number of rotatable bonds is 6. The van der Waals surface area contributed by atoms with E-state index in [0.29, 0.717) is 28.2 Å². The third kappa shape index (κ3) is 4.37. The van der Waals surface area contributed by atoms with E-state index in [-0.39, 0.29) is 18.3 Å². The number of likely N-dealkylation sites (N-methyl/N-ethyl adjacent to an activating group) is 1. The van der Waals surface area contributed by atoms with Gasteiger partial charge in [0.05, 0.1) is 24.1 Å². The fraction of sp³-hybridized carbons (Fsp3) is 0.107. The van der Waals surface area contributed by atoms with E-state index in [0.717, 1.165) is 33.2 Å². The number of H-pyrrole nitrogens is 2. The minimum Gasteiger partial charge on any atom is -0.338 e. The van der Waals surface area contributed by atoms with Crippen LogP contribution in [0.3, 0.4) is 0 Å². The van der Waals surface area contributed by atoms with E-state index in [1.54, 1.807) is 47.9 Å². The van der Waals surface area contributed by atoms with Gasteiger partial charge >= 0.3 is 0 Å². The minimum atomic E-state index is -0.296. The molecule has 0 aliphatic carbocycles. The lowest BCUT2D eigenvalue weighted by atomic mass is 10.0. The van der Waals surface area contributed by atoms with Crippen LogP contribution in [0, 0.1) is 5.82 Å². The number of pyridine rings is 3. The first-order chi connectivity index (χ1) is 18.5. The smallest absolute Gasteiger partial charge is 0.238 e. The maximum Gasteiger partial charge on any atom is 0.238 e. The summed E-state index contributed by atoms with van der Waals surface area (Å²) in [7, 11) is 3.67. The third-order valence-corrected chi connectivity index (χ3v) is 6.18. The summed E-state index contributed by atoms with van der Waals surface area (Å²) in [6.45, 7) is 0.272. The number of aromatic nitrogens is 6. The topological polar surface area (TPSA) is 115 Å². The zero-order valence-corrected chi connectivity index (χ0v) is 20.7. The summed E-state index contributed by atoms with van der Waals surface area (Å²) in [6, 6.07) is 14.2. The second-order valence-electron chi connectivity index (χ2n) is 9.22. The molecule has 0 aliphatic heterocycles. The summed E-state index contributed by atoms with van der Waals surface area (Å²) in [5.74, 6) is -0.419. The Balaban J connectivity index is 1.39. The number of nitrogens with one attached hydrogen (secondary N) is 3. The highest BCUT2D eigenvalue weighted by Gasteiger charge is 2.17. The monoisotopic (exact) mass is 506 g/mol. The largest absolute Gasteiger partial charge is 0.338 e. The third-order valence-electron chi connectivity index (χ3n) is 6.18. The molecule has 10 heteroatoms. The summed E-state index contributed by atoms with van der Waals surface area (Å²) in [4.78, 5) is 30.6. The molecule has 3 N–H and O–H groups in total. The van der Waals surface area contributed by atoms with Crippen LogP contribution in [0.2, 0.25) is 0 Å². The van der Waals surface area contributed by atoms with Crippen LogP contribution >= 0.6 is 0 Å². The molecule has 0 bridgehead atoms. The number of hydrogen-bond donors (Lipinski definition) is 3. The van der Waals surface area contributed by atoms with Gasteiger partial charge in [-0.1, -0.05) is 18.2 Å². The van der Waals surface area contributed by atoms with Gasteiger partial charge in [0.15, 0.2) is 5.65 Å². The number of carbonyl (C=O) groups excluding carboxylic acids is 1. The molecule has 0 saturated carbocycles. The zero-order chi connectivity index (χ0) is 26.2. The summed E-state index contributed by atoms with van der Waals surface area (Å²) in [5.41, 5.74) is 6.11. The Morgan fingerprint density at radius 3 is 2.63 bits per heavy atom. The van der Waals surface area contributed by atoms with Crippen molar-refractivity contribution < 1.29 is 9.18 Å². The summed E-state index contributed by atoms with van der Waals surface area (Å²) in [6.07, 6.45) is 6.72. The first kappa shape index (κ1) is 23.4. The van der Waals surface area contributed by atoms with Crippen molar-refractivity contribution in [3.05, 3.63) is 79.1 Å². The van der Waals surface area contributed by atoms with E-state index >= 15 is 0 Å². The lowest BCUT2D eigenvalue weighted by molar-refractivity contribution is -0.116. The summed E-state index contributed by atoms with van der Waals surface area (Å²) < 4.78 is 14.6. The fourth-order valence-electron chi connectivity index (χ4n) is 4.49. The van der Waals surface area contributed by atoms with Crippen molar-refractivity contribution in [2.24, 2.45) is 0 Å². The Bertz CT molecular complexity index is 1810. The van der Waals surface area contributed by atoms with Crippen molar-refractivity contribution in [1.29, 1.82) is 0 Å². The van der Waals surface area contributed by atoms with Gasteiger partial charge in [-0.25, -0.2) is 14.4 Å². The number of amides is 1. The fourth-order valence-corrected chi connectivity index (χ4v) is 4.49. The maximum atomic E-state index is 14.6. The van der Waals surface area contributed by atoms with E-state index < -0.39 is 0 Å². The Hall–Kier alpha value is -4.96. The quantitative estimate of drug-likeness (QED) is 0.297. The first-order valence-corrected chi connectivity index (χ1v) is 11.9. The molecule has 1 amide bonds. The molecule has 38 heavy (non-hydrogen) atoms. The molecule has 6 rings (SSSR count). The highest BCUT2D eigenvalue weighted by molar-refractivity contribution is 6.00. The van der Waals surface area contributed by atoms with E-state index in [2.05, 4.69) is 35.5 Å². The average Bonchev–Trinajstić information content (AvgIpc) is 3.52. The summed E-state index contributed by atoms with van der Waals surface area (Å²) >= 11 is 0. The van der Waals surface area contributed by atoms with Gasteiger partial charge in [0.1, 0.15) is 17.2 Å². The van der Waals surface area contributed by atoms with Crippen LogP contribution in [0.25, 0.3) is 55.7 Å². The number of benzene rings is 1. The SMILES string of the molecule is CN(C)CC(=O)Nc1cncc(-c2cnc3[nH]nc(-c4cc5c(-c6ccccc6F)ccnc5[nH]4)c3c2)c1. The highest BCUT2D eigenvalue weighted by Crippen LogP contribution is 2.34. The van der Waals surface area contributed by atoms with Crippen LogP contribution in [0.4, 0.5) is 10.1 Å². The van der Waals surface area contributed by atoms with Gasteiger partial charge in [-0.15, -0.1) is 0 Å². The number of halogens is 1. The summed E-state index contributed by atoms with van der Waals surface area (Å²) in [5, 5.41) is 11.9. The van der Waals surface area contributed by atoms with Crippen LogP contribution in [-0.4, -0.2) is 61.6 Å². The molecule has 0 unspecified atom stereocenters. The molecule has 1 aromatic carbocycles. The zero-order valence-electron chi connectivity index (χ0n) is 20.7. The number of hydrogen-bond acceptors (Lipinski definition) is 6. The van der Waals surface area contributed by atoms with Crippen molar-refractivity contribution in [2.75, 3.05) is 26.0 Å². The number of nitrogens with zero attached hydrogens (tertiary/aromatic N) is 5. The minimum absolute atomic E-state index is 0.123. The lowest BCUT2D eigenvalue weighted by Crippen LogP contribution is -2.27. The Morgan fingerprint density at radius 1 is 0.947 bits per heavy atom. The second kappa shape index (κ2) is 9.49. The maximum absolute atomic E-state index is 14.6. The van der Waals surface area contributed by atoms with Gasteiger partial charge in [-0.05, 0) is 50.0 Å². The van der Waals surface area contributed by atoms with E-state index in [4.69, 9.17) is 0 Å². The van der Waals surface area contributed by atoms with E-state index in [1.165, 1.54) is 6.07 Å². The van der Waals surface area contributed by atoms with Crippen molar-refractivity contribution in [2.45, 2.75) is 0 Å². The molecule has 188 valence electrons. The van der Waals surface area contributed by atoms with Crippen LogP contribution in [-0.2, 0) is 4.79 Å². The molecule has 0 aliphatic rings. The second-order valence-corrected chi connectivity index (χ2v) is 9.22. The van der Waals surface area contributed by atoms with Crippen LogP contribution in [0.1, 0.15) is 0 Å². The molecular formula is C28H23FN8O. The van der Waals surface area contributed by atoms with E-state index in [9.17, 15) is 9.18 Å². The van der Waals surface area contributed by atoms with Crippen LogP contribution in [0.15, 0.2) is 73.3 Å². The van der Waals surface area contributed by atoms with Crippen LogP contribution in [0.5, 0.6) is 0 Å². The molecule has 0 radical (unpaired) electrons. The Labute approximate surface area is 216 Å². The van der Waals surface area contributed by atoms with Gasteiger partial charge in [0.25, 0.3) is 0 Å². The molecule has 5 heterocycles. The lowest BCUT2D eigenvalue weighted by Gasteiger charge is -2.10. The number of carbonyl (C=O) groups is 1. The molecular weight excluding hydrogens is 483 g/mol. The molecule has 0 fully saturated rings. The molecule has 0 spiro atoms. The van der Waals surface area contributed by atoms with Crippen molar-refractivity contribution in [3.63, 3.8) is 0 Å².